The van der Waals surface area contributed by atoms with Crippen molar-refractivity contribution in [1.82, 2.24) is 14.9 Å². The first-order valence-corrected chi connectivity index (χ1v) is 6.82. The van der Waals surface area contributed by atoms with E-state index < -0.39 is 0 Å². The number of likely N-dealkylation sites (tertiary alicyclic amines) is 1. The van der Waals surface area contributed by atoms with E-state index in [1.165, 1.54) is 25.2 Å². The maximum atomic E-state index is 12.3. The third kappa shape index (κ3) is 3.41. The number of nitrogen functional groups attached to an aromatic ring is 1. The molecule has 1 aromatic rings. The van der Waals surface area contributed by atoms with Gasteiger partial charge in [-0.3, -0.25) is 4.79 Å². The number of hydrogen-bond donors (Lipinski definition) is 2. The second kappa shape index (κ2) is 6.47. The van der Waals surface area contributed by atoms with Crippen molar-refractivity contribution in [3.63, 3.8) is 0 Å². The number of carbonyl (C=O) groups excluding carboxylic acids is 1. The second-order valence-corrected chi connectivity index (χ2v) is 4.93. The Hall–Kier alpha value is -1.69. The van der Waals surface area contributed by atoms with E-state index in [2.05, 4.69) is 22.3 Å². The molecule has 0 bridgehead atoms. The van der Waals surface area contributed by atoms with E-state index in [4.69, 9.17) is 5.84 Å². The summed E-state index contributed by atoms with van der Waals surface area (Å²) in [5.41, 5.74) is 2.78. The number of aromatic nitrogens is 2. The lowest BCUT2D eigenvalue weighted by Gasteiger charge is -2.20. The topological polar surface area (TPSA) is 84.1 Å². The molecule has 1 atom stereocenters. The minimum Gasteiger partial charge on any atom is -0.337 e. The Labute approximate surface area is 113 Å². The predicted molar refractivity (Wildman–Crippen MR) is 73.4 cm³/mol. The van der Waals surface area contributed by atoms with E-state index in [-0.39, 0.29) is 5.91 Å². The highest BCUT2D eigenvalue weighted by Gasteiger charge is 2.21. The molecule has 2 heterocycles. The average molecular weight is 263 g/mol. The number of anilines is 1. The van der Waals surface area contributed by atoms with Gasteiger partial charge in [0.1, 0.15) is 5.69 Å². The Morgan fingerprint density at radius 3 is 2.89 bits per heavy atom. The lowest BCUT2D eigenvalue weighted by Crippen LogP contribution is -2.32. The van der Waals surface area contributed by atoms with Gasteiger partial charge in [0.05, 0.1) is 12.4 Å². The van der Waals surface area contributed by atoms with E-state index in [9.17, 15) is 4.79 Å². The van der Waals surface area contributed by atoms with Gasteiger partial charge in [0.15, 0.2) is 5.82 Å². The summed E-state index contributed by atoms with van der Waals surface area (Å²) < 4.78 is 0. The third-order valence-corrected chi connectivity index (χ3v) is 3.73. The molecule has 0 spiro atoms. The fraction of sp³-hybridized carbons (Fsp3) is 0.615. The molecule has 104 valence electrons. The van der Waals surface area contributed by atoms with Crippen LogP contribution < -0.4 is 11.3 Å². The summed E-state index contributed by atoms with van der Waals surface area (Å²) in [6, 6.07) is 0. The van der Waals surface area contributed by atoms with E-state index >= 15 is 0 Å². The van der Waals surface area contributed by atoms with Crippen LogP contribution in [-0.2, 0) is 0 Å². The summed E-state index contributed by atoms with van der Waals surface area (Å²) in [6.45, 7) is 3.84. The van der Waals surface area contributed by atoms with Gasteiger partial charge in [0.2, 0.25) is 0 Å². The number of amides is 1. The summed E-state index contributed by atoms with van der Waals surface area (Å²) in [6.07, 6.45) is 7.50. The molecule has 1 aromatic heterocycles. The van der Waals surface area contributed by atoms with Crippen LogP contribution >= 0.6 is 0 Å². The zero-order valence-electron chi connectivity index (χ0n) is 11.3. The zero-order chi connectivity index (χ0) is 13.7. The summed E-state index contributed by atoms with van der Waals surface area (Å²) in [7, 11) is 0. The monoisotopic (exact) mass is 263 g/mol. The molecule has 2 rings (SSSR count). The lowest BCUT2D eigenvalue weighted by molar-refractivity contribution is 0.0753. The molecule has 1 fully saturated rings. The second-order valence-electron chi connectivity index (χ2n) is 4.93. The molecule has 1 unspecified atom stereocenters. The van der Waals surface area contributed by atoms with Crippen molar-refractivity contribution < 1.29 is 4.79 Å². The molecule has 1 aliphatic heterocycles. The maximum Gasteiger partial charge on any atom is 0.274 e. The lowest BCUT2D eigenvalue weighted by atomic mass is 9.98. The van der Waals surface area contributed by atoms with Gasteiger partial charge >= 0.3 is 0 Å². The fourth-order valence-electron chi connectivity index (χ4n) is 2.45. The van der Waals surface area contributed by atoms with Gasteiger partial charge in [-0.25, -0.2) is 15.8 Å². The number of nitrogens with zero attached hydrogens (tertiary/aromatic N) is 3. The normalized spacial score (nSPS) is 19.9. The smallest absolute Gasteiger partial charge is 0.274 e. The van der Waals surface area contributed by atoms with Gasteiger partial charge in [-0.05, 0) is 25.2 Å². The van der Waals surface area contributed by atoms with Crippen molar-refractivity contribution in [2.75, 3.05) is 18.5 Å². The van der Waals surface area contributed by atoms with Crippen molar-refractivity contribution in [2.24, 2.45) is 11.8 Å². The molecule has 6 nitrogen and oxygen atoms in total. The third-order valence-electron chi connectivity index (χ3n) is 3.73. The standard InChI is InChI=1S/C13H21N5O/c1-2-10-4-3-6-18(7-5-10)13(19)11-8-16-12(17-14)9-15-11/h8-10H,2-7,14H2,1H3,(H,16,17). The molecule has 19 heavy (non-hydrogen) atoms. The molecule has 0 aliphatic carbocycles. The summed E-state index contributed by atoms with van der Waals surface area (Å²) in [4.78, 5) is 22.3. The van der Waals surface area contributed by atoms with Gasteiger partial charge in [-0.1, -0.05) is 13.3 Å². The van der Waals surface area contributed by atoms with Crippen molar-refractivity contribution in [2.45, 2.75) is 32.6 Å². The van der Waals surface area contributed by atoms with Gasteiger partial charge < -0.3 is 10.3 Å². The van der Waals surface area contributed by atoms with Crippen molar-refractivity contribution in [3.05, 3.63) is 18.1 Å². The Bertz CT molecular complexity index is 420. The van der Waals surface area contributed by atoms with Gasteiger partial charge in [0.25, 0.3) is 5.91 Å². The molecule has 0 aromatic carbocycles. The first-order valence-electron chi connectivity index (χ1n) is 6.82. The zero-order valence-corrected chi connectivity index (χ0v) is 11.3. The fourth-order valence-corrected chi connectivity index (χ4v) is 2.45. The highest BCUT2D eigenvalue weighted by Crippen LogP contribution is 2.21. The molecule has 1 amide bonds. The van der Waals surface area contributed by atoms with Crippen LogP contribution in [0.4, 0.5) is 5.82 Å². The minimum absolute atomic E-state index is 0.0344. The van der Waals surface area contributed by atoms with Crippen LogP contribution in [0.3, 0.4) is 0 Å². The van der Waals surface area contributed by atoms with Crippen molar-refractivity contribution in [1.29, 1.82) is 0 Å². The largest absolute Gasteiger partial charge is 0.337 e. The van der Waals surface area contributed by atoms with Crippen LogP contribution in [0.5, 0.6) is 0 Å². The van der Waals surface area contributed by atoms with Crippen LogP contribution in [0.1, 0.15) is 43.1 Å². The van der Waals surface area contributed by atoms with Crippen LogP contribution in [0.25, 0.3) is 0 Å². The Morgan fingerprint density at radius 1 is 1.42 bits per heavy atom. The summed E-state index contributed by atoms with van der Waals surface area (Å²) in [5.74, 6) is 6.39. The molecule has 3 N–H and O–H groups in total. The molecule has 1 aliphatic rings. The molecule has 1 saturated heterocycles. The average Bonchev–Trinajstić information content (AvgIpc) is 2.72. The quantitative estimate of drug-likeness (QED) is 0.636. The number of hydrazine groups is 1. The first-order chi connectivity index (χ1) is 9.24. The van der Waals surface area contributed by atoms with Crippen molar-refractivity contribution >= 4 is 11.7 Å². The number of carbonyl (C=O) groups is 1. The molecule has 0 radical (unpaired) electrons. The SMILES string of the molecule is CCC1CCCN(C(=O)c2cnc(NN)cn2)CC1. The molecule has 0 saturated carbocycles. The summed E-state index contributed by atoms with van der Waals surface area (Å²) in [5, 5.41) is 0. The number of nitrogens with one attached hydrogen (secondary N) is 1. The van der Waals surface area contributed by atoms with Gasteiger partial charge in [0, 0.05) is 13.1 Å². The van der Waals surface area contributed by atoms with E-state index in [1.807, 2.05) is 4.90 Å². The summed E-state index contributed by atoms with van der Waals surface area (Å²) >= 11 is 0. The molecule has 6 heteroatoms. The number of hydrogen-bond acceptors (Lipinski definition) is 5. The highest BCUT2D eigenvalue weighted by atomic mass is 16.2. The number of rotatable bonds is 3. The van der Waals surface area contributed by atoms with Crippen LogP contribution in [-0.4, -0.2) is 33.9 Å². The highest BCUT2D eigenvalue weighted by molar-refractivity contribution is 5.92. The predicted octanol–water partition coefficient (Wildman–Crippen LogP) is 1.41. The maximum absolute atomic E-state index is 12.3. The van der Waals surface area contributed by atoms with Crippen LogP contribution in [0.15, 0.2) is 12.4 Å². The minimum atomic E-state index is -0.0344. The van der Waals surface area contributed by atoms with Crippen LogP contribution in [0, 0.1) is 5.92 Å². The molecular weight excluding hydrogens is 242 g/mol. The van der Waals surface area contributed by atoms with E-state index in [0.29, 0.717) is 11.5 Å². The molecular formula is C13H21N5O. The van der Waals surface area contributed by atoms with Crippen LogP contribution in [0.2, 0.25) is 0 Å². The van der Waals surface area contributed by atoms with Gasteiger partial charge in [-0.15, -0.1) is 0 Å². The van der Waals surface area contributed by atoms with Gasteiger partial charge in [-0.2, -0.15) is 0 Å². The first kappa shape index (κ1) is 13.7. The number of nitrogens with two attached hydrogens (primary N) is 1. The van der Waals surface area contributed by atoms with Crippen molar-refractivity contribution in [3.8, 4) is 0 Å². The Kier molecular flexibility index (Phi) is 4.68. The Balaban J connectivity index is 2.01. The van der Waals surface area contributed by atoms with E-state index in [1.54, 1.807) is 0 Å². The Morgan fingerprint density at radius 2 is 2.26 bits per heavy atom. The van der Waals surface area contributed by atoms with E-state index in [0.717, 1.165) is 31.8 Å².